The Balaban J connectivity index is 2.28. The number of ether oxygens (including phenoxy) is 1. The van der Waals surface area contributed by atoms with Gasteiger partial charge < -0.3 is 10.5 Å². The lowest BCUT2D eigenvalue weighted by Gasteiger charge is -2.18. The molecule has 0 bridgehead atoms. The van der Waals surface area contributed by atoms with Gasteiger partial charge in [0.2, 0.25) is 5.91 Å². The molecule has 1 aromatic carbocycles. The van der Waals surface area contributed by atoms with Gasteiger partial charge in [-0.3, -0.25) is 9.59 Å². The highest BCUT2D eigenvalue weighted by Crippen LogP contribution is 2.36. The van der Waals surface area contributed by atoms with Gasteiger partial charge in [-0.25, -0.2) is 0 Å². The quantitative estimate of drug-likeness (QED) is 0.711. The van der Waals surface area contributed by atoms with Crippen LogP contribution in [-0.2, 0) is 4.79 Å². The number of carbonyl (C=O) groups is 2. The topological polar surface area (TPSA) is 93.2 Å². The molecular formula is C17H15BrN2O3S. The van der Waals surface area contributed by atoms with Crippen LogP contribution >= 0.6 is 27.3 Å². The van der Waals surface area contributed by atoms with Crippen LogP contribution in [0.3, 0.4) is 0 Å². The molecule has 1 aromatic heterocycles. The van der Waals surface area contributed by atoms with E-state index >= 15 is 0 Å². The van der Waals surface area contributed by atoms with Gasteiger partial charge in [0, 0.05) is 22.8 Å². The Morgan fingerprint density at radius 2 is 1.96 bits per heavy atom. The number of ketones is 1. The minimum absolute atomic E-state index is 0.0282. The molecule has 1 heterocycles. The fraction of sp³-hybridized carbons (Fsp3) is 0.235. The third-order valence-electron chi connectivity index (χ3n) is 3.62. The van der Waals surface area contributed by atoms with Crippen molar-refractivity contribution < 1.29 is 14.3 Å². The summed E-state index contributed by atoms with van der Waals surface area (Å²) < 4.78 is 5.93. The maximum atomic E-state index is 12.6. The van der Waals surface area contributed by atoms with Crippen molar-refractivity contribution in [3.8, 4) is 11.8 Å². The molecule has 0 saturated heterocycles. The molecule has 0 aliphatic rings. The predicted molar refractivity (Wildman–Crippen MR) is 95.0 cm³/mol. The Kier molecular flexibility index (Phi) is 6.12. The van der Waals surface area contributed by atoms with E-state index in [4.69, 9.17) is 10.5 Å². The van der Waals surface area contributed by atoms with Gasteiger partial charge in [-0.1, -0.05) is 0 Å². The maximum Gasteiger partial charge on any atom is 0.235 e. The van der Waals surface area contributed by atoms with Crippen LogP contribution in [-0.4, -0.2) is 18.8 Å². The first-order valence-corrected chi connectivity index (χ1v) is 8.68. The van der Waals surface area contributed by atoms with Crippen molar-refractivity contribution in [3.63, 3.8) is 0 Å². The SMILES string of the molecule is COc1ccc(C(=O)CC(c2ccc(Br)s2)C(C#N)C(N)=O)cc1. The summed E-state index contributed by atoms with van der Waals surface area (Å²) >= 11 is 4.74. The number of methoxy groups -OCH3 is 1. The number of carbonyl (C=O) groups excluding carboxylic acids is 2. The fourth-order valence-corrected chi connectivity index (χ4v) is 3.92. The molecule has 2 atom stereocenters. The van der Waals surface area contributed by atoms with Crippen molar-refractivity contribution in [2.45, 2.75) is 12.3 Å². The van der Waals surface area contributed by atoms with Gasteiger partial charge in [0.05, 0.1) is 17.0 Å². The van der Waals surface area contributed by atoms with Crippen LogP contribution in [0, 0.1) is 17.2 Å². The van der Waals surface area contributed by atoms with Gasteiger partial charge in [-0.05, 0) is 52.3 Å². The van der Waals surface area contributed by atoms with Gasteiger partial charge in [0.25, 0.3) is 0 Å². The minimum Gasteiger partial charge on any atom is -0.497 e. The first-order valence-electron chi connectivity index (χ1n) is 7.07. The van der Waals surface area contributed by atoms with Gasteiger partial charge >= 0.3 is 0 Å². The molecule has 0 spiro atoms. The van der Waals surface area contributed by atoms with E-state index in [1.807, 2.05) is 12.1 Å². The molecule has 2 rings (SSSR count). The Bertz CT molecular complexity index is 780. The second-order valence-corrected chi connectivity index (χ2v) is 7.61. The van der Waals surface area contributed by atoms with Crippen LogP contribution in [0.4, 0.5) is 0 Å². The zero-order valence-corrected chi connectivity index (χ0v) is 15.3. The molecule has 0 radical (unpaired) electrons. The van der Waals surface area contributed by atoms with Gasteiger partial charge in [0.15, 0.2) is 5.78 Å². The predicted octanol–water partition coefficient (Wildman–Crippen LogP) is 3.50. The normalized spacial score (nSPS) is 12.9. The summed E-state index contributed by atoms with van der Waals surface area (Å²) in [4.78, 5) is 25.0. The average molecular weight is 407 g/mol. The number of rotatable bonds is 7. The van der Waals surface area contributed by atoms with Crippen molar-refractivity contribution in [1.82, 2.24) is 0 Å². The molecule has 0 aliphatic heterocycles. The zero-order valence-electron chi connectivity index (χ0n) is 12.9. The van der Waals surface area contributed by atoms with Gasteiger partial charge in [0.1, 0.15) is 11.7 Å². The second-order valence-electron chi connectivity index (χ2n) is 5.11. The first kappa shape index (κ1) is 18.2. The van der Waals surface area contributed by atoms with Gasteiger partial charge in [-0.2, -0.15) is 5.26 Å². The lowest BCUT2D eigenvalue weighted by Crippen LogP contribution is -2.28. The van der Waals surface area contributed by atoms with Crippen LogP contribution in [0.1, 0.15) is 27.6 Å². The van der Waals surface area contributed by atoms with E-state index in [-0.39, 0.29) is 12.2 Å². The van der Waals surface area contributed by atoms with E-state index in [9.17, 15) is 14.9 Å². The van der Waals surface area contributed by atoms with Crippen LogP contribution < -0.4 is 10.5 Å². The van der Waals surface area contributed by atoms with Crippen LogP contribution in [0.25, 0.3) is 0 Å². The lowest BCUT2D eigenvalue weighted by atomic mass is 9.85. The van der Waals surface area contributed by atoms with Crippen LogP contribution in [0.2, 0.25) is 0 Å². The Morgan fingerprint density at radius 3 is 2.42 bits per heavy atom. The minimum atomic E-state index is -1.06. The van der Waals surface area contributed by atoms with Crippen LogP contribution in [0.5, 0.6) is 5.75 Å². The number of nitriles is 1. The van der Waals surface area contributed by atoms with E-state index in [2.05, 4.69) is 15.9 Å². The summed E-state index contributed by atoms with van der Waals surface area (Å²) in [5, 5.41) is 9.30. The summed E-state index contributed by atoms with van der Waals surface area (Å²) in [6.45, 7) is 0. The van der Waals surface area contributed by atoms with Crippen molar-refractivity contribution in [2.75, 3.05) is 7.11 Å². The summed E-state index contributed by atoms with van der Waals surface area (Å²) in [5.41, 5.74) is 5.85. The zero-order chi connectivity index (χ0) is 17.7. The molecule has 5 nitrogen and oxygen atoms in total. The third-order valence-corrected chi connectivity index (χ3v) is 5.38. The fourth-order valence-electron chi connectivity index (χ4n) is 2.36. The average Bonchev–Trinajstić information content (AvgIpc) is 3.00. The maximum absolute atomic E-state index is 12.6. The third kappa shape index (κ3) is 4.22. The number of hydrogen-bond donors (Lipinski definition) is 1. The molecular weight excluding hydrogens is 392 g/mol. The van der Waals surface area contributed by atoms with Crippen molar-refractivity contribution >= 4 is 39.0 Å². The van der Waals surface area contributed by atoms with E-state index in [1.165, 1.54) is 11.3 Å². The highest BCUT2D eigenvalue weighted by Gasteiger charge is 2.31. The summed E-state index contributed by atoms with van der Waals surface area (Å²) in [7, 11) is 1.55. The molecule has 2 N–H and O–H groups in total. The molecule has 2 unspecified atom stereocenters. The number of halogens is 1. The molecule has 0 fully saturated rings. The van der Waals surface area contributed by atoms with Crippen molar-refractivity contribution in [1.29, 1.82) is 5.26 Å². The molecule has 0 aliphatic carbocycles. The smallest absolute Gasteiger partial charge is 0.235 e. The second kappa shape index (κ2) is 8.08. The number of nitrogens with zero attached hydrogens (tertiary/aromatic N) is 1. The highest BCUT2D eigenvalue weighted by atomic mass is 79.9. The molecule has 24 heavy (non-hydrogen) atoms. The van der Waals surface area contributed by atoms with E-state index in [0.29, 0.717) is 11.3 Å². The Morgan fingerprint density at radius 1 is 1.29 bits per heavy atom. The van der Waals surface area contributed by atoms with Gasteiger partial charge in [-0.15, -0.1) is 11.3 Å². The Labute approximate surface area is 152 Å². The first-order chi connectivity index (χ1) is 11.5. The molecule has 0 saturated carbocycles. The van der Waals surface area contributed by atoms with E-state index < -0.39 is 17.7 Å². The van der Waals surface area contributed by atoms with E-state index in [0.717, 1.165) is 8.66 Å². The number of benzene rings is 1. The van der Waals surface area contributed by atoms with Crippen molar-refractivity contribution in [2.24, 2.45) is 11.7 Å². The summed E-state index contributed by atoms with van der Waals surface area (Å²) in [6.07, 6.45) is 0.0282. The number of Topliss-reactive ketones (excluding diaryl/α,β-unsaturated/α-hetero) is 1. The molecule has 124 valence electrons. The van der Waals surface area contributed by atoms with Crippen LogP contribution in [0.15, 0.2) is 40.2 Å². The summed E-state index contributed by atoms with van der Waals surface area (Å²) in [5.74, 6) is -1.86. The summed E-state index contributed by atoms with van der Waals surface area (Å²) in [6, 6.07) is 12.3. The monoisotopic (exact) mass is 406 g/mol. The van der Waals surface area contributed by atoms with E-state index in [1.54, 1.807) is 37.4 Å². The number of amides is 1. The standard InChI is InChI=1S/C17H15BrN2O3S/c1-23-11-4-2-10(3-5-11)14(21)8-12(13(9-19)17(20)22)15-6-7-16(18)24-15/h2-7,12-13H,8H2,1H3,(H2,20,22). The van der Waals surface area contributed by atoms with Crippen molar-refractivity contribution in [3.05, 3.63) is 50.6 Å². The lowest BCUT2D eigenvalue weighted by molar-refractivity contribution is -0.120. The molecule has 1 amide bonds. The highest BCUT2D eigenvalue weighted by molar-refractivity contribution is 9.11. The molecule has 2 aromatic rings. The number of hydrogen-bond acceptors (Lipinski definition) is 5. The largest absolute Gasteiger partial charge is 0.497 e. The molecule has 7 heteroatoms. The number of nitrogens with two attached hydrogens (primary N) is 1. The number of primary amides is 1. The Hall–Kier alpha value is -2.17. The number of thiophene rings is 1.